The number of nitrogens with zero attached hydrogens (tertiary/aromatic N) is 1. The molecule has 29 heavy (non-hydrogen) atoms. The fourth-order valence-electron chi connectivity index (χ4n) is 3.07. The zero-order valence-electron chi connectivity index (χ0n) is 17.3. The number of carbonyl (C=O) groups is 2. The molecule has 1 aliphatic heterocycles. The normalized spacial score (nSPS) is 15.1. The van der Waals surface area contributed by atoms with E-state index in [4.69, 9.17) is 18.9 Å². The molecule has 0 radical (unpaired) electrons. The molecule has 0 atom stereocenters. The fourth-order valence-corrected chi connectivity index (χ4v) is 3.07. The summed E-state index contributed by atoms with van der Waals surface area (Å²) in [5.74, 6) is 0.288. The van der Waals surface area contributed by atoms with Crippen LogP contribution in [0.3, 0.4) is 0 Å². The lowest BCUT2D eigenvalue weighted by Gasteiger charge is -2.17. The van der Waals surface area contributed by atoms with E-state index in [-0.39, 0.29) is 17.1 Å². The lowest BCUT2D eigenvalue weighted by molar-refractivity contribution is -0.136. The summed E-state index contributed by atoms with van der Waals surface area (Å²) >= 11 is 0. The van der Waals surface area contributed by atoms with Crippen LogP contribution in [0.4, 0.5) is 0 Å². The lowest BCUT2D eigenvalue weighted by Crippen LogP contribution is -2.26. The average Bonchev–Trinajstić information content (AvgIpc) is 2.96. The van der Waals surface area contributed by atoms with Crippen molar-refractivity contribution < 1.29 is 28.5 Å². The molecule has 1 aromatic carbocycles. The van der Waals surface area contributed by atoms with E-state index in [1.165, 1.54) is 14.2 Å². The van der Waals surface area contributed by atoms with Gasteiger partial charge in [-0.3, -0.25) is 4.79 Å². The van der Waals surface area contributed by atoms with Gasteiger partial charge in [-0.05, 0) is 37.1 Å². The highest BCUT2D eigenvalue weighted by Gasteiger charge is 2.36. The van der Waals surface area contributed by atoms with Gasteiger partial charge >= 0.3 is 5.97 Å². The minimum Gasteiger partial charge on any atom is -0.493 e. The number of carbonyl (C=O) groups excluding carboxylic acids is 2. The van der Waals surface area contributed by atoms with Gasteiger partial charge < -0.3 is 23.8 Å². The summed E-state index contributed by atoms with van der Waals surface area (Å²) in [6.07, 6.45) is 3.96. The number of ether oxygens (including phenoxy) is 4. The second kappa shape index (κ2) is 10.5. The fraction of sp³-hybridized carbons (Fsp3) is 0.364. The van der Waals surface area contributed by atoms with Crippen LogP contribution >= 0.6 is 0 Å². The Morgan fingerprint density at radius 1 is 1.21 bits per heavy atom. The van der Waals surface area contributed by atoms with Crippen LogP contribution in [0.25, 0.3) is 6.08 Å². The number of methoxy groups -OCH3 is 3. The SMILES string of the molecule is C=CCOc1ccc(C=C2C(=O)N(CCCOC)C(C)=C2C(=O)OC)cc1OC. The molecule has 1 aliphatic rings. The van der Waals surface area contributed by atoms with Crippen molar-refractivity contribution in [1.29, 1.82) is 0 Å². The average molecular weight is 401 g/mol. The second-order valence-corrected chi connectivity index (χ2v) is 6.32. The van der Waals surface area contributed by atoms with Gasteiger partial charge in [-0.15, -0.1) is 0 Å². The Labute approximate surface area is 171 Å². The number of allylic oxidation sites excluding steroid dienone is 1. The maximum absolute atomic E-state index is 13.0. The number of rotatable bonds is 10. The Hall–Kier alpha value is -3.06. The first-order chi connectivity index (χ1) is 14.0. The molecule has 1 aromatic rings. The van der Waals surface area contributed by atoms with E-state index in [0.717, 1.165) is 0 Å². The lowest BCUT2D eigenvalue weighted by atomic mass is 10.0. The van der Waals surface area contributed by atoms with Crippen LogP contribution in [0, 0.1) is 0 Å². The van der Waals surface area contributed by atoms with E-state index in [9.17, 15) is 9.59 Å². The van der Waals surface area contributed by atoms with Gasteiger partial charge in [0.25, 0.3) is 5.91 Å². The van der Waals surface area contributed by atoms with E-state index in [2.05, 4.69) is 6.58 Å². The molecule has 1 heterocycles. The van der Waals surface area contributed by atoms with Crippen molar-refractivity contribution in [2.24, 2.45) is 0 Å². The van der Waals surface area contributed by atoms with Gasteiger partial charge in [-0.1, -0.05) is 18.7 Å². The second-order valence-electron chi connectivity index (χ2n) is 6.32. The molecule has 0 spiro atoms. The first-order valence-corrected chi connectivity index (χ1v) is 9.22. The summed E-state index contributed by atoms with van der Waals surface area (Å²) < 4.78 is 20.9. The summed E-state index contributed by atoms with van der Waals surface area (Å²) in [7, 11) is 4.44. The third-order valence-electron chi connectivity index (χ3n) is 4.49. The van der Waals surface area contributed by atoms with Crippen LogP contribution in [0.15, 0.2) is 47.7 Å². The summed E-state index contributed by atoms with van der Waals surface area (Å²) in [6, 6.07) is 5.29. The Kier molecular flexibility index (Phi) is 8.03. The molecule has 0 unspecified atom stereocenters. The van der Waals surface area contributed by atoms with Crippen molar-refractivity contribution in [1.82, 2.24) is 4.90 Å². The minimum absolute atomic E-state index is 0.245. The molecule has 7 heteroatoms. The Balaban J connectivity index is 2.42. The van der Waals surface area contributed by atoms with Crippen LogP contribution < -0.4 is 9.47 Å². The smallest absolute Gasteiger partial charge is 0.340 e. The quantitative estimate of drug-likeness (QED) is 0.260. The van der Waals surface area contributed by atoms with E-state index in [1.54, 1.807) is 49.3 Å². The Bertz CT molecular complexity index is 840. The topological polar surface area (TPSA) is 74.3 Å². The molecule has 1 amide bonds. The zero-order chi connectivity index (χ0) is 21.4. The van der Waals surface area contributed by atoms with Crippen molar-refractivity contribution in [3.8, 4) is 11.5 Å². The Morgan fingerprint density at radius 2 is 1.97 bits per heavy atom. The van der Waals surface area contributed by atoms with E-state index in [0.29, 0.717) is 48.9 Å². The van der Waals surface area contributed by atoms with E-state index in [1.807, 2.05) is 0 Å². The first kappa shape index (κ1) is 22.2. The number of hydrogen-bond acceptors (Lipinski definition) is 6. The molecule has 7 nitrogen and oxygen atoms in total. The largest absolute Gasteiger partial charge is 0.493 e. The Morgan fingerprint density at radius 3 is 2.59 bits per heavy atom. The highest BCUT2D eigenvalue weighted by Crippen LogP contribution is 2.34. The van der Waals surface area contributed by atoms with Crippen molar-refractivity contribution in [3.05, 3.63) is 53.3 Å². The van der Waals surface area contributed by atoms with Gasteiger partial charge in [0.15, 0.2) is 11.5 Å². The molecule has 0 saturated carbocycles. The maximum Gasteiger partial charge on any atom is 0.340 e. The van der Waals surface area contributed by atoms with Gasteiger partial charge in [0.05, 0.1) is 25.4 Å². The predicted molar refractivity (Wildman–Crippen MR) is 110 cm³/mol. The van der Waals surface area contributed by atoms with Crippen LogP contribution in [0.1, 0.15) is 18.9 Å². The monoisotopic (exact) mass is 401 g/mol. The summed E-state index contributed by atoms with van der Waals surface area (Å²) in [6.45, 7) is 6.69. The van der Waals surface area contributed by atoms with Gasteiger partial charge in [-0.2, -0.15) is 0 Å². The van der Waals surface area contributed by atoms with E-state index < -0.39 is 5.97 Å². The maximum atomic E-state index is 13.0. The molecular formula is C22H27NO6. The first-order valence-electron chi connectivity index (χ1n) is 9.22. The molecule has 2 rings (SSSR count). The number of amides is 1. The minimum atomic E-state index is -0.547. The summed E-state index contributed by atoms with van der Waals surface area (Å²) in [4.78, 5) is 27.0. The van der Waals surface area contributed by atoms with Crippen LogP contribution in [-0.2, 0) is 19.1 Å². The molecule has 0 aromatic heterocycles. The van der Waals surface area contributed by atoms with Crippen molar-refractivity contribution in [3.63, 3.8) is 0 Å². The van der Waals surface area contributed by atoms with Crippen molar-refractivity contribution >= 4 is 18.0 Å². The molecular weight excluding hydrogens is 374 g/mol. The molecule has 0 saturated heterocycles. The third-order valence-corrected chi connectivity index (χ3v) is 4.49. The van der Waals surface area contributed by atoms with Crippen LogP contribution in [0.2, 0.25) is 0 Å². The number of hydrogen-bond donors (Lipinski definition) is 0. The molecule has 0 fully saturated rings. The summed E-state index contributed by atoms with van der Waals surface area (Å²) in [5, 5.41) is 0. The van der Waals surface area contributed by atoms with Crippen molar-refractivity contribution in [2.75, 3.05) is 41.1 Å². The van der Waals surface area contributed by atoms with Gasteiger partial charge in [0.1, 0.15) is 6.61 Å². The van der Waals surface area contributed by atoms with Gasteiger partial charge in [0, 0.05) is 26.0 Å². The third kappa shape index (κ3) is 5.06. The molecule has 0 aliphatic carbocycles. The van der Waals surface area contributed by atoms with Gasteiger partial charge in [0.2, 0.25) is 0 Å². The zero-order valence-corrected chi connectivity index (χ0v) is 17.3. The molecule has 0 N–H and O–H groups in total. The molecule has 156 valence electrons. The predicted octanol–water partition coefficient (Wildman–Crippen LogP) is 2.97. The molecule has 0 bridgehead atoms. The standard InChI is InChI=1S/C22H27NO6/c1-6-11-29-18-9-8-16(14-19(18)27-4)13-17-20(22(25)28-5)15(2)23(21(17)24)10-7-12-26-3/h6,8-9,13-14H,1,7,10-12H2,2-5H3. The van der Waals surface area contributed by atoms with Crippen molar-refractivity contribution in [2.45, 2.75) is 13.3 Å². The number of esters is 1. The summed E-state index contributed by atoms with van der Waals surface area (Å²) in [5.41, 5.74) is 1.82. The highest BCUT2D eigenvalue weighted by molar-refractivity contribution is 6.16. The number of benzene rings is 1. The van der Waals surface area contributed by atoms with Crippen LogP contribution in [-0.4, -0.2) is 57.9 Å². The van der Waals surface area contributed by atoms with Crippen LogP contribution in [0.5, 0.6) is 11.5 Å². The highest BCUT2D eigenvalue weighted by atomic mass is 16.5. The van der Waals surface area contributed by atoms with Gasteiger partial charge in [-0.25, -0.2) is 4.79 Å². The van der Waals surface area contributed by atoms with E-state index >= 15 is 0 Å².